The van der Waals surface area contributed by atoms with E-state index in [0.717, 1.165) is 41.8 Å². The third-order valence-electron chi connectivity index (χ3n) is 6.95. The van der Waals surface area contributed by atoms with Crippen molar-refractivity contribution in [1.29, 1.82) is 0 Å². The van der Waals surface area contributed by atoms with Gasteiger partial charge in [0, 0.05) is 29.3 Å². The molecule has 1 unspecified atom stereocenters. The van der Waals surface area contributed by atoms with E-state index < -0.39 is 11.9 Å². The maximum absolute atomic E-state index is 13.5. The summed E-state index contributed by atoms with van der Waals surface area (Å²) in [5.74, 6) is 0.275. The van der Waals surface area contributed by atoms with Gasteiger partial charge in [0.15, 0.2) is 17.3 Å². The van der Waals surface area contributed by atoms with E-state index >= 15 is 0 Å². The lowest BCUT2D eigenvalue weighted by Crippen LogP contribution is -2.38. The zero-order valence-electron chi connectivity index (χ0n) is 22.5. The van der Waals surface area contributed by atoms with E-state index in [1.807, 2.05) is 55.5 Å². The number of benzene rings is 2. The van der Waals surface area contributed by atoms with Crippen molar-refractivity contribution in [3.05, 3.63) is 82.2 Å². The van der Waals surface area contributed by atoms with Crippen molar-refractivity contribution in [3.8, 4) is 11.5 Å². The number of ketones is 1. The lowest BCUT2D eigenvalue weighted by atomic mass is 9.68. The summed E-state index contributed by atoms with van der Waals surface area (Å²) in [4.78, 5) is 26.9. The van der Waals surface area contributed by atoms with Crippen LogP contribution in [0.3, 0.4) is 0 Å². The first-order valence-corrected chi connectivity index (χ1v) is 13.0. The highest BCUT2D eigenvalue weighted by atomic mass is 16.5. The third kappa shape index (κ3) is 5.90. The molecule has 37 heavy (non-hydrogen) atoms. The SMILES string of the molecule is CCCCOC(=O)C1=C(C)NC2=C(C(=O)CC(C)(C)C2)C1c1ccc(OCc2ccccc2)c(OC)c1. The first-order chi connectivity index (χ1) is 17.7. The summed E-state index contributed by atoms with van der Waals surface area (Å²) in [5, 5.41) is 3.39. The Labute approximate surface area is 219 Å². The van der Waals surface area contributed by atoms with Gasteiger partial charge in [0.2, 0.25) is 0 Å². The molecule has 1 aliphatic heterocycles. The number of hydrogen-bond donors (Lipinski definition) is 1. The molecule has 0 aromatic heterocycles. The Balaban J connectivity index is 1.73. The number of nitrogens with one attached hydrogen (secondary N) is 1. The van der Waals surface area contributed by atoms with Crippen molar-refractivity contribution < 1.29 is 23.8 Å². The predicted octanol–water partition coefficient (Wildman–Crippen LogP) is 6.22. The molecule has 1 atom stereocenters. The molecule has 0 fully saturated rings. The molecule has 2 aromatic rings. The Kier molecular flexibility index (Phi) is 8.06. The van der Waals surface area contributed by atoms with E-state index in [2.05, 4.69) is 26.1 Å². The highest BCUT2D eigenvalue weighted by Gasteiger charge is 2.43. The second-order valence-corrected chi connectivity index (χ2v) is 10.6. The second-order valence-electron chi connectivity index (χ2n) is 10.6. The highest BCUT2D eigenvalue weighted by Crippen LogP contribution is 2.48. The summed E-state index contributed by atoms with van der Waals surface area (Å²) >= 11 is 0. The number of methoxy groups -OCH3 is 1. The zero-order valence-corrected chi connectivity index (χ0v) is 22.5. The zero-order chi connectivity index (χ0) is 26.6. The molecule has 0 bridgehead atoms. The average Bonchev–Trinajstić information content (AvgIpc) is 2.86. The number of unbranched alkanes of at least 4 members (excludes halogenated alkanes) is 1. The number of Topliss-reactive ketones (excluding diaryl/α,β-unsaturated/α-hetero) is 1. The Bertz CT molecular complexity index is 1230. The summed E-state index contributed by atoms with van der Waals surface area (Å²) in [6.45, 7) is 8.88. The lowest BCUT2D eigenvalue weighted by molar-refractivity contribution is -0.139. The van der Waals surface area contributed by atoms with Gasteiger partial charge in [-0.05, 0) is 48.4 Å². The van der Waals surface area contributed by atoms with Gasteiger partial charge in [-0.2, -0.15) is 0 Å². The monoisotopic (exact) mass is 503 g/mol. The number of carbonyl (C=O) groups excluding carboxylic acids is 2. The fourth-order valence-corrected chi connectivity index (χ4v) is 5.15. The molecule has 0 radical (unpaired) electrons. The van der Waals surface area contributed by atoms with Crippen LogP contribution in [-0.4, -0.2) is 25.5 Å². The maximum atomic E-state index is 13.5. The average molecular weight is 504 g/mol. The van der Waals surface area contributed by atoms with Crippen LogP contribution in [0.1, 0.15) is 70.4 Å². The van der Waals surface area contributed by atoms with Crippen LogP contribution in [0.2, 0.25) is 0 Å². The van der Waals surface area contributed by atoms with E-state index in [1.165, 1.54) is 0 Å². The number of rotatable bonds is 9. The Hall–Kier alpha value is -3.54. The molecule has 1 aliphatic carbocycles. The van der Waals surface area contributed by atoms with Crippen molar-refractivity contribution in [3.63, 3.8) is 0 Å². The summed E-state index contributed by atoms with van der Waals surface area (Å²) in [6.07, 6.45) is 2.88. The van der Waals surface area contributed by atoms with Gasteiger partial charge in [-0.3, -0.25) is 4.79 Å². The van der Waals surface area contributed by atoms with Crippen molar-refractivity contribution in [1.82, 2.24) is 5.32 Å². The molecule has 0 saturated carbocycles. The van der Waals surface area contributed by atoms with Crippen molar-refractivity contribution >= 4 is 11.8 Å². The standard InChI is InChI=1S/C31H37NO5/c1-6-7-15-36-30(34)27-20(2)32-23-17-31(3,4)18-24(33)29(23)28(27)22-13-14-25(26(16-22)35-5)37-19-21-11-9-8-10-12-21/h8-14,16,28,32H,6-7,15,17-19H2,1-5H3. The van der Waals surface area contributed by atoms with Crippen LogP contribution in [0.15, 0.2) is 71.1 Å². The minimum atomic E-state index is -0.536. The van der Waals surface area contributed by atoms with E-state index in [4.69, 9.17) is 14.2 Å². The molecule has 6 heteroatoms. The summed E-state index contributed by atoms with van der Waals surface area (Å²) < 4.78 is 17.4. The van der Waals surface area contributed by atoms with E-state index in [1.54, 1.807) is 7.11 Å². The second kappa shape index (κ2) is 11.2. The van der Waals surface area contributed by atoms with Gasteiger partial charge < -0.3 is 19.5 Å². The van der Waals surface area contributed by atoms with Gasteiger partial charge in [0.1, 0.15) is 6.61 Å². The molecule has 0 amide bonds. The van der Waals surface area contributed by atoms with E-state index in [0.29, 0.717) is 42.3 Å². The molecule has 2 aliphatic rings. The van der Waals surface area contributed by atoms with Crippen LogP contribution in [0.4, 0.5) is 0 Å². The maximum Gasteiger partial charge on any atom is 0.336 e. The number of esters is 1. The van der Waals surface area contributed by atoms with Crippen LogP contribution in [-0.2, 0) is 20.9 Å². The van der Waals surface area contributed by atoms with E-state index in [-0.39, 0.29) is 11.2 Å². The molecule has 1 heterocycles. The predicted molar refractivity (Wildman–Crippen MR) is 143 cm³/mol. The Morgan fingerprint density at radius 1 is 1.08 bits per heavy atom. The minimum absolute atomic E-state index is 0.0541. The van der Waals surface area contributed by atoms with Gasteiger partial charge in [0.05, 0.1) is 19.3 Å². The summed E-state index contributed by atoms with van der Waals surface area (Å²) in [5.41, 5.74) is 4.42. The quantitative estimate of drug-likeness (QED) is 0.323. The van der Waals surface area contributed by atoms with E-state index in [9.17, 15) is 9.59 Å². The lowest BCUT2D eigenvalue weighted by Gasteiger charge is -2.39. The number of carbonyl (C=O) groups is 2. The number of ether oxygens (including phenoxy) is 3. The van der Waals surface area contributed by atoms with Crippen molar-refractivity contribution in [2.75, 3.05) is 13.7 Å². The molecule has 4 rings (SSSR count). The molecule has 1 N–H and O–H groups in total. The normalized spacial score (nSPS) is 18.7. The van der Waals surface area contributed by atoms with Gasteiger partial charge in [0.25, 0.3) is 0 Å². The van der Waals surface area contributed by atoms with Crippen LogP contribution < -0.4 is 14.8 Å². The molecule has 196 valence electrons. The van der Waals surface area contributed by atoms with Crippen LogP contribution >= 0.6 is 0 Å². The van der Waals surface area contributed by atoms with Crippen LogP contribution in [0, 0.1) is 5.41 Å². The van der Waals surface area contributed by atoms with Gasteiger partial charge in [-0.25, -0.2) is 4.79 Å². The molecule has 0 saturated heterocycles. The number of hydrogen-bond acceptors (Lipinski definition) is 6. The Morgan fingerprint density at radius 2 is 1.84 bits per heavy atom. The molecule has 6 nitrogen and oxygen atoms in total. The van der Waals surface area contributed by atoms with Crippen LogP contribution in [0.25, 0.3) is 0 Å². The Morgan fingerprint density at radius 3 is 2.54 bits per heavy atom. The largest absolute Gasteiger partial charge is 0.493 e. The highest BCUT2D eigenvalue weighted by molar-refractivity contribution is 6.04. The first-order valence-electron chi connectivity index (χ1n) is 13.0. The van der Waals surface area contributed by atoms with Crippen LogP contribution in [0.5, 0.6) is 11.5 Å². The molecular weight excluding hydrogens is 466 g/mol. The molecule has 0 spiro atoms. The van der Waals surface area contributed by atoms with Gasteiger partial charge >= 0.3 is 5.97 Å². The summed E-state index contributed by atoms with van der Waals surface area (Å²) in [7, 11) is 1.59. The first kappa shape index (κ1) is 26.5. The number of dihydropyridines is 1. The summed E-state index contributed by atoms with van der Waals surface area (Å²) in [6, 6.07) is 15.6. The molecular formula is C31H37NO5. The molecule has 2 aromatic carbocycles. The minimum Gasteiger partial charge on any atom is -0.493 e. The fourth-order valence-electron chi connectivity index (χ4n) is 5.15. The number of allylic oxidation sites excluding steroid dienone is 3. The van der Waals surface area contributed by atoms with Crippen molar-refractivity contribution in [2.24, 2.45) is 5.41 Å². The van der Waals surface area contributed by atoms with Gasteiger partial charge in [-0.15, -0.1) is 0 Å². The fraction of sp³-hybridized carbons (Fsp3) is 0.419. The smallest absolute Gasteiger partial charge is 0.336 e. The van der Waals surface area contributed by atoms with Gasteiger partial charge in [-0.1, -0.05) is 63.6 Å². The topological polar surface area (TPSA) is 73.9 Å². The van der Waals surface area contributed by atoms with Crippen molar-refractivity contribution in [2.45, 2.75) is 65.9 Å². The third-order valence-corrected chi connectivity index (χ3v) is 6.95.